The summed E-state index contributed by atoms with van der Waals surface area (Å²) < 4.78 is 0. The van der Waals surface area contributed by atoms with E-state index in [0.717, 1.165) is 23.8 Å². The van der Waals surface area contributed by atoms with E-state index in [0.29, 0.717) is 13.1 Å². The Hall–Kier alpha value is -0.770. The number of hydrogen-bond acceptors (Lipinski definition) is 3. The van der Waals surface area contributed by atoms with Gasteiger partial charge in [0.15, 0.2) is 0 Å². The molecule has 2 N–H and O–H groups in total. The van der Waals surface area contributed by atoms with Crippen LogP contribution in [0.3, 0.4) is 0 Å². The zero-order chi connectivity index (χ0) is 11.5. The third-order valence-corrected chi connectivity index (χ3v) is 3.12. The molecule has 0 saturated carbocycles. The van der Waals surface area contributed by atoms with Crippen LogP contribution in [0, 0.1) is 6.92 Å². The van der Waals surface area contributed by atoms with Gasteiger partial charge < -0.3 is 15.3 Å². The van der Waals surface area contributed by atoms with Crippen molar-refractivity contribution in [3.8, 4) is 0 Å². The van der Waals surface area contributed by atoms with Gasteiger partial charge >= 0.3 is 0 Å². The first-order valence-corrected chi connectivity index (χ1v) is 5.94. The highest BCUT2D eigenvalue weighted by atomic mass is 35.5. The molecular weight excluding hydrogens is 224 g/mol. The summed E-state index contributed by atoms with van der Waals surface area (Å²) >= 11 is 6.01. The highest BCUT2D eigenvalue weighted by Crippen LogP contribution is 2.24. The summed E-state index contributed by atoms with van der Waals surface area (Å²) in [5.74, 6) is 0. The summed E-state index contributed by atoms with van der Waals surface area (Å²) in [5, 5.41) is 13.7. The first-order chi connectivity index (χ1) is 7.66. The SMILES string of the molecule is Cc1ccc(Cl)cc1N1CCNCC(O)C1. The summed E-state index contributed by atoms with van der Waals surface area (Å²) in [4.78, 5) is 2.19. The molecule has 1 atom stereocenters. The van der Waals surface area contributed by atoms with Crippen molar-refractivity contribution in [2.45, 2.75) is 13.0 Å². The molecule has 1 aliphatic rings. The van der Waals surface area contributed by atoms with Crippen LogP contribution in [0.5, 0.6) is 0 Å². The number of halogens is 1. The van der Waals surface area contributed by atoms with Crippen LogP contribution in [0.1, 0.15) is 5.56 Å². The molecule has 4 heteroatoms. The van der Waals surface area contributed by atoms with Crippen molar-refractivity contribution >= 4 is 17.3 Å². The third-order valence-electron chi connectivity index (χ3n) is 2.88. The van der Waals surface area contributed by atoms with Crippen LogP contribution in [0.25, 0.3) is 0 Å². The van der Waals surface area contributed by atoms with Crippen molar-refractivity contribution in [2.24, 2.45) is 0 Å². The van der Waals surface area contributed by atoms with Crippen LogP contribution in [0.2, 0.25) is 5.02 Å². The van der Waals surface area contributed by atoms with Gasteiger partial charge in [-0.1, -0.05) is 17.7 Å². The minimum atomic E-state index is -0.319. The predicted octanol–water partition coefficient (Wildman–Crippen LogP) is 1.42. The Labute approximate surface area is 101 Å². The molecular formula is C12H17ClN2O. The van der Waals surface area contributed by atoms with E-state index in [1.54, 1.807) is 0 Å². The van der Waals surface area contributed by atoms with Gasteiger partial charge in [0.25, 0.3) is 0 Å². The summed E-state index contributed by atoms with van der Waals surface area (Å²) in [6.07, 6.45) is -0.319. The molecule has 0 radical (unpaired) electrons. The summed E-state index contributed by atoms with van der Waals surface area (Å²) in [6.45, 7) is 5.18. The van der Waals surface area contributed by atoms with Crippen molar-refractivity contribution in [3.63, 3.8) is 0 Å². The van der Waals surface area contributed by atoms with Crippen molar-refractivity contribution in [3.05, 3.63) is 28.8 Å². The summed E-state index contributed by atoms with van der Waals surface area (Å²) in [7, 11) is 0. The van der Waals surface area contributed by atoms with Crippen LogP contribution in [0.4, 0.5) is 5.69 Å². The summed E-state index contributed by atoms with van der Waals surface area (Å²) in [5.41, 5.74) is 2.31. The second-order valence-corrected chi connectivity index (χ2v) is 4.67. The van der Waals surface area contributed by atoms with Gasteiger partial charge in [-0.25, -0.2) is 0 Å². The maximum absolute atomic E-state index is 9.74. The smallest absolute Gasteiger partial charge is 0.0839 e. The van der Waals surface area contributed by atoms with Crippen molar-refractivity contribution in [1.82, 2.24) is 5.32 Å². The lowest BCUT2D eigenvalue weighted by molar-refractivity contribution is 0.185. The van der Waals surface area contributed by atoms with Gasteiger partial charge in [0, 0.05) is 36.9 Å². The number of aliphatic hydroxyl groups excluding tert-OH is 1. The molecule has 0 spiro atoms. The van der Waals surface area contributed by atoms with Crippen LogP contribution in [-0.4, -0.2) is 37.4 Å². The maximum Gasteiger partial charge on any atom is 0.0839 e. The number of benzene rings is 1. The van der Waals surface area contributed by atoms with Gasteiger partial charge in [0.2, 0.25) is 0 Å². The number of rotatable bonds is 1. The van der Waals surface area contributed by atoms with Crippen LogP contribution < -0.4 is 10.2 Å². The van der Waals surface area contributed by atoms with Crippen molar-refractivity contribution in [1.29, 1.82) is 0 Å². The van der Waals surface area contributed by atoms with E-state index in [1.807, 2.05) is 18.2 Å². The Bertz CT molecular complexity index is 370. The molecule has 1 heterocycles. The fourth-order valence-electron chi connectivity index (χ4n) is 2.03. The topological polar surface area (TPSA) is 35.5 Å². The highest BCUT2D eigenvalue weighted by molar-refractivity contribution is 6.30. The number of nitrogens with one attached hydrogen (secondary N) is 1. The van der Waals surface area contributed by atoms with Crippen LogP contribution >= 0.6 is 11.6 Å². The molecule has 1 saturated heterocycles. The van der Waals surface area contributed by atoms with Gasteiger partial charge in [-0.3, -0.25) is 0 Å². The monoisotopic (exact) mass is 240 g/mol. The Morgan fingerprint density at radius 3 is 3.12 bits per heavy atom. The van der Waals surface area contributed by atoms with Gasteiger partial charge in [0.05, 0.1) is 6.10 Å². The number of aliphatic hydroxyl groups is 1. The van der Waals surface area contributed by atoms with Crippen molar-refractivity contribution < 1.29 is 5.11 Å². The molecule has 1 fully saturated rings. The molecule has 88 valence electrons. The average Bonchev–Trinajstić information content (AvgIpc) is 2.46. The van der Waals surface area contributed by atoms with E-state index in [9.17, 15) is 5.11 Å². The van der Waals surface area contributed by atoms with Gasteiger partial charge in [-0.2, -0.15) is 0 Å². The van der Waals surface area contributed by atoms with Gasteiger partial charge in [-0.05, 0) is 24.6 Å². The predicted molar refractivity (Wildman–Crippen MR) is 67.3 cm³/mol. The molecule has 1 aromatic rings. The minimum Gasteiger partial charge on any atom is -0.390 e. The fraction of sp³-hybridized carbons (Fsp3) is 0.500. The standard InChI is InChI=1S/C12H17ClN2O/c1-9-2-3-10(13)6-12(9)15-5-4-14-7-11(16)8-15/h2-3,6,11,14,16H,4-5,7-8H2,1H3. The zero-order valence-electron chi connectivity index (χ0n) is 9.41. The molecule has 1 aliphatic heterocycles. The quantitative estimate of drug-likeness (QED) is 0.780. The zero-order valence-corrected chi connectivity index (χ0v) is 10.2. The molecule has 2 rings (SSSR count). The van der Waals surface area contributed by atoms with Gasteiger partial charge in [-0.15, -0.1) is 0 Å². The minimum absolute atomic E-state index is 0.319. The average molecular weight is 241 g/mol. The molecule has 3 nitrogen and oxygen atoms in total. The normalized spacial score (nSPS) is 21.9. The van der Waals surface area contributed by atoms with E-state index in [-0.39, 0.29) is 6.10 Å². The largest absolute Gasteiger partial charge is 0.390 e. The van der Waals surface area contributed by atoms with Crippen molar-refractivity contribution in [2.75, 3.05) is 31.1 Å². The molecule has 0 bridgehead atoms. The van der Waals surface area contributed by atoms with Crippen LogP contribution in [-0.2, 0) is 0 Å². The Morgan fingerprint density at radius 1 is 1.50 bits per heavy atom. The lowest BCUT2D eigenvalue weighted by Crippen LogP contribution is -2.33. The lowest BCUT2D eigenvalue weighted by Gasteiger charge is -2.25. The Morgan fingerprint density at radius 2 is 2.31 bits per heavy atom. The Kier molecular flexibility index (Phi) is 3.69. The van der Waals surface area contributed by atoms with Crippen LogP contribution in [0.15, 0.2) is 18.2 Å². The number of β-amino-alcohol motifs (C(OH)–C–C–N with tert-alkyl or cyclic N) is 1. The number of hydrogen-bond donors (Lipinski definition) is 2. The molecule has 16 heavy (non-hydrogen) atoms. The molecule has 1 unspecified atom stereocenters. The highest BCUT2D eigenvalue weighted by Gasteiger charge is 2.17. The van der Waals surface area contributed by atoms with E-state index < -0.39 is 0 Å². The molecule has 0 amide bonds. The molecule has 1 aromatic carbocycles. The lowest BCUT2D eigenvalue weighted by atomic mass is 10.1. The third kappa shape index (κ3) is 2.67. The first-order valence-electron chi connectivity index (χ1n) is 5.56. The number of nitrogens with zero attached hydrogens (tertiary/aromatic N) is 1. The summed E-state index contributed by atoms with van der Waals surface area (Å²) in [6, 6.07) is 5.88. The van der Waals surface area contributed by atoms with E-state index in [2.05, 4.69) is 17.1 Å². The van der Waals surface area contributed by atoms with Gasteiger partial charge in [0.1, 0.15) is 0 Å². The van der Waals surface area contributed by atoms with E-state index in [1.165, 1.54) is 5.56 Å². The maximum atomic E-state index is 9.74. The number of aryl methyl sites for hydroxylation is 1. The second kappa shape index (κ2) is 5.04. The number of anilines is 1. The first kappa shape index (κ1) is 11.7. The molecule has 0 aliphatic carbocycles. The van der Waals surface area contributed by atoms with E-state index in [4.69, 9.17) is 11.6 Å². The fourth-order valence-corrected chi connectivity index (χ4v) is 2.20. The van der Waals surface area contributed by atoms with E-state index >= 15 is 0 Å². The molecule has 0 aromatic heterocycles. The second-order valence-electron chi connectivity index (χ2n) is 4.23. The Balaban J connectivity index is 2.24.